The Morgan fingerprint density at radius 3 is 2.69 bits per heavy atom. The number of aliphatic hydroxyl groups is 1. The Morgan fingerprint density at radius 2 is 2.05 bits per heavy atom. The van der Waals surface area contributed by atoms with Gasteiger partial charge in [-0.2, -0.15) is 10.5 Å². The second-order valence-electron chi connectivity index (χ2n) is 9.42. The minimum atomic E-state index is -0.851. The number of carbonyl (C=O) groups excluding carboxylic acids is 3. The molecule has 14 nitrogen and oxygen atoms in total. The van der Waals surface area contributed by atoms with Crippen LogP contribution in [0.1, 0.15) is 12.1 Å². The molecule has 0 aliphatic carbocycles. The SMILES string of the molecule is CO/N=C(\C(=O)NOC(=O)C1=C(CSc2cc[n+](N3CCN(CCO)CC3)cc2)CS[C@@H]2CC(=O)N12)c1csc(N)n1. The number of pyridine rings is 1. The second kappa shape index (κ2) is 13.7. The van der Waals surface area contributed by atoms with Crippen LogP contribution in [0.25, 0.3) is 0 Å². The molecule has 5 heterocycles. The lowest BCUT2D eigenvalue weighted by molar-refractivity contribution is -0.694. The number of carbonyl (C=O) groups is 3. The number of hydroxylamine groups is 1. The Labute approximate surface area is 254 Å². The summed E-state index contributed by atoms with van der Waals surface area (Å²) in [4.78, 5) is 57.0. The molecule has 2 aromatic rings. The van der Waals surface area contributed by atoms with Crippen molar-refractivity contribution in [1.29, 1.82) is 0 Å². The quantitative estimate of drug-likeness (QED) is 0.101. The highest BCUT2D eigenvalue weighted by atomic mass is 32.2. The predicted molar refractivity (Wildman–Crippen MR) is 158 cm³/mol. The van der Waals surface area contributed by atoms with Crippen LogP contribution in [0.2, 0.25) is 0 Å². The molecule has 42 heavy (non-hydrogen) atoms. The average molecular weight is 636 g/mol. The van der Waals surface area contributed by atoms with Gasteiger partial charge < -0.3 is 20.5 Å². The monoisotopic (exact) mass is 635 g/mol. The van der Waals surface area contributed by atoms with Gasteiger partial charge in [0.05, 0.1) is 31.5 Å². The molecule has 3 aliphatic heterocycles. The maximum atomic E-state index is 13.2. The van der Waals surface area contributed by atoms with Gasteiger partial charge in [-0.3, -0.25) is 19.4 Å². The Morgan fingerprint density at radius 1 is 1.29 bits per heavy atom. The molecule has 0 saturated carbocycles. The summed E-state index contributed by atoms with van der Waals surface area (Å²) in [6.07, 6.45) is 4.35. The van der Waals surface area contributed by atoms with Gasteiger partial charge in [0.1, 0.15) is 18.5 Å². The van der Waals surface area contributed by atoms with Crippen molar-refractivity contribution in [2.75, 3.05) is 68.7 Å². The number of hydrogen-bond acceptors (Lipinski definition) is 14. The minimum Gasteiger partial charge on any atom is -0.398 e. The van der Waals surface area contributed by atoms with Crippen molar-refractivity contribution in [3.05, 3.63) is 46.9 Å². The molecular formula is C25H31N8O6S3+. The number of hydrogen-bond donors (Lipinski definition) is 3. The third-order valence-electron chi connectivity index (χ3n) is 6.81. The minimum absolute atomic E-state index is 0.137. The van der Waals surface area contributed by atoms with E-state index in [9.17, 15) is 14.4 Å². The number of aromatic nitrogens is 2. The van der Waals surface area contributed by atoms with E-state index in [1.54, 1.807) is 23.5 Å². The number of nitrogens with two attached hydrogens (primary N) is 1. The van der Waals surface area contributed by atoms with Crippen LogP contribution in [0.3, 0.4) is 0 Å². The number of β-lactam (4-membered cyclic amide) rings is 1. The summed E-state index contributed by atoms with van der Waals surface area (Å²) in [6, 6.07) is 4.03. The summed E-state index contributed by atoms with van der Waals surface area (Å²) in [6.45, 7) is 4.38. The number of rotatable bonds is 10. The van der Waals surface area contributed by atoms with Crippen molar-refractivity contribution in [2.45, 2.75) is 16.7 Å². The van der Waals surface area contributed by atoms with E-state index in [0.29, 0.717) is 24.5 Å². The van der Waals surface area contributed by atoms with E-state index < -0.39 is 11.9 Å². The first-order valence-electron chi connectivity index (χ1n) is 13.1. The van der Waals surface area contributed by atoms with Crippen LogP contribution in [0.4, 0.5) is 5.13 Å². The molecule has 3 aliphatic rings. The maximum Gasteiger partial charge on any atom is 0.379 e. The normalized spacial score (nSPS) is 19.3. The van der Waals surface area contributed by atoms with Gasteiger partial charge in [-0.1, -0.05) is 9.83 Å². The number of nitrogens with zero attached hydrogens (tertiary/aromatic N) is 6. The van der Waals surface area contributed by atoms with Crippen LogP contribution in [0.15, 0.2) is 51.2 Å². The molecule has 4 N–H and O–H groups in total. The van der Waals surface area contributed by atoms with Crippen molar-refractivity contribution in [3.63, 3.8) is 0 Å². The fourth-order valence-electron chi connectivity index (χ4n) is 4.65. The average Bonchev–Trinajstić information content (AvgIpc) is 3.43. The molecule has 2 amide bonds. The van der Waals surface area contributed by atoms with Crippen molar-refractivity contribution >= 4 is 63.5 Å². The number of nitrogens with one attached hydrogen (secondary N) is 1. The molecule has 224 valence electrons. The molecule has 0 aromatic carbocycles. The van der Waals surface area contributed by atoms with E-state index >= 15 is 0 Å². The number of nitrogen functional groups attached to an aromatic ring is 1. The number of thioether (sulfide) groups is 2. The van der Waals surface area contributed by atoms with Crippen molar-refractivity contribution in [3.8, 4) is 0 Å². The predicted octanol–water partition coefficient (Wildman–Crippen LogP) is -0.465. The topological polar surface area (TPSA) is 167 Å². The van der Waals surface area contributed by atoms with Gasteiger partial charge in [0.15, 0.2) is 10.8 Å². The Bertz CT molecular complexity index is 1380. The lowest BCUT2D eigenvalue weighted by Crippen LogP contribution is -2.64. The second-order valence-corrected chi connectivity index (χ2v) is 12.5. The number of β-amino-alcohol motifs (C(OH)–C–C–N with tert-alkyl or cyclic N) is 1. The summed E-state index contributed by atoms with van der Waals surface area (Å²) in [5, 5.41) is 16.7. The highest BCUT2D eigenvalue weighted by molar-refractivity contribution is 8.01. The molecule has 0 bridgehead atoms. The summed E-state index contributed by atoms with van der Waals surface area (Å²) in [7, 11) is 1.27. The zero-order valence-corrected chi connectivity index (χ0v) is 25.3. The van der Waals surface area contributed by atoms with E-state index in [1.165, 1.54) is 17.4 Å². The van der Waals surface area contributed by atoms with Crippen LogP contribution >= 0.6 is 34.9 Å². The fraction of sp³-hybridized carbons (Fsp3) is 0.440. The Hall–Kier alpha value is -3.38. The summed E-state index contributed by atoms with van der Waals surface area (Å²) in [5.41, 5.74) is 8.61. The summed E-state index contributed by atoms with van der Waals surface area (Å²) >= 11 is 4.26. The lowest BCUT2D eigenvalue weighted by atomic mass is 10.1. The van der Waals surface area contributed by atoms with Gasteiger partial charge >= 0.3 is 11.9 Å². The summed E-state index contributed by atoms with van der Waals surface area (Å²) < 4.78 is 2.06. The molecule has 2 fully saturated rings. The fourth-order valence-corrected chi connectivity index (χ4v) is 7.49. The smallest absolute Gasteiger partial charge is 0.379 e. The van der Waals surface area contributed by atoms with Gasteiger partial charge in [-0.05, 0) is 5.57 Å². The van der Waals surface area contributed by atoms with Gasteiger partial charge in [-0.25, -0.2) is 9.78 Å². The van der Waals surface area contributed by atoms with Crippen LogP contribution in [0, 0.1) is 0 Å². The van der Waals surface area contributed by atoms with Crippen molar-refractivity contribution in [1.82, 2.24) is 20.3 Å². The van der Waals surface area contributed by atoms with Crippen molar-refractivity contribution in [2.24, 2.45) is 5.16 Å². The van der Waals surface area contributed by atoms with Gasteiger partial charge in [0.2, 0.25) is 18.3 Å². The van der Waals surface area contributed by atoms with Crippen LogP contribution in [-0.2, 0) is 24.1 Å². The van der Waals surface area contributed by atoms with E-state index in [0.717, 1.165) is 48.0 Å². The third-order valence-corrected chi connectivity index (χ3v) is 9.86. The number of oxime groups is 1. The maximum absolute atomic E-state index is 13.2. The zero-order chi connectivity index (χ0) is 29.6. The highest BCUT2D eigenvalue weighted by Crippen LogP contribution is 2.41. The van der Waals surface area contributed by atoms with E-state index in [4.69, 9.17) is 20.5 Å². The first-order valence-corrected chi connectivity index (χ1v) is 16.0. The molecule has 5 rings (SSSR count). The molecule has 2 saturated heterocycles. The highest BCUT2D eigenvalue weighted by Gasteiger charge is 2.46. The first kappa shape index (κ1) is 30.1. The zero-order valence-electron chi connectivity index (χ0n) is 22.8. The van der Waals surface area contributed by atoms with E-state index in [2.05, 4.69) is 30.2 Å². The molecule has 17 heteroatoms. The largest absolute Gasteiger partial charge is 0.398 e. The molecule has 0 unspecified atom stereocenters. The number of amides is 2. The van der Waals surface area contributed by atoms with E-state index in [1.807, 2.05) is 24.5 Å². The molecule has 1 atom stereocenters. The number of fused-ring (bicyclic) bond motifs is 1. The molecule has 0 spiro atoms. The van der Waals surface area contributed by atoms with Gasteiger partial charge in [0.25, 0.3) is 0 Å². The molecule has 2 aromatic heterocycles. The third kappa shape index (κ3) is 6.81. The van der Waals surface area contributed by atoms with Crippen molar-refractivity contribution < 1.29 is 33.8 Å². The number of piperazine rings is 1. The standard InChI is InChI=1S/C25H30N8O6S3/c1-38-28-21(18-15-42-25(26)27-18)23(36)29-39-24(37)22-16(14-41-20-12-19(35)33(20)22)13-40-17-2-4-31(5-3-17)32-8-6-30(7-9-32)10-11-34/h2-5,15,20,34H,6-14H2,1H3,(H2-,26,27,29,36)/p+1/b28-21-/t20-/m1/s1. The Kier molecular flexibility index (Phi) is 9.84. The molecule has 0 radical (unpaired) electrons. The number of aliphatic hydroxyl groups excluding tert-OH is 1. The number of thiazole rings is 1. The van der Waals surface area contributed by atoms with Gasteiger partial charge in [0, 0.05) is 53.5 Å². The lowest BCUT2D eigenvalue weighted by Gasteiger charge is -2.44. The van der Waals surface area contributed by atoms with Crippen LogP contribution < -0.4 is 20.9 Å². The Balaban J connectivity index is 1.23. The van der Waals surface area contributed by atoms with Crippen LogP contribution in [-0.4, -0.2) is 107 Å². The van der Waals surface area contributed by atoms with Gasteiger partial charge in [-0.15, -0.1) is 34.9 Å². The van der Waals surface area contributed by atoms with Crippen LogP contribution in [0.5, 0.6) is 0 Å². The first-order chi connectivity index (χ1) is 20.4. The van der Waals surface area contributed by atoms with E-state index in [-0.39, 0.29) is 40.1 Å². The number of anilines is 1. The summed E-state index contributed by atoms with van der Waals surface area (Å²) in [5.74, 6) is -0.846. The molecular weight excluding hydrogens is 605 g/mol.